The molecule has 0 spiro atoms. The molecule has 0 aliphatic carbocycles. The first kappa shape index (κ1) is 26.3. The highest BCUT2D eigenvalue weighted by Crippen LogP contribution is 2.30. The Labute approximate surface area is 217 Å². The first-order valence-corrected chi connectivity index (χ1v) is 13.5. The molecule has 0 aromatic heterocycles. The second-order valence-corrected chi connectivity index (χ2v) is 10.8. The van der Waals surface area contributed by atoms with Gasteiger partial charge >= 0.3 is 0 Å². The molecule has 4 rings (SSSR count). The minimum atomic E-state index is -0.0418. The largest absolute Gasteiger partial charge is 0.365 e. The molecule has 3 nitrogen and oxygen atoms in total. The Kier molecular flexibility index (Phi) is 9.12. The Hall–Kier alpha value is -2.75. The van der Waals surface area contributed by atoms with Crippen molar-refractivity contribution < 1.29 is 9.53 Å². The van der Waals surface area contributed by atoms with Crippen LogP contribution in [0.2, 0.25) is 0 Å². The van der Waals surface area contributed by atoms with Gasteiger partial charge in [0.1, 0.15) is 11.9 Å². The van der Waals surface area contributed by atoms with Gasteiger partial charge in [0.15, 0.2) is 0 Å². The average Bonchev–Trinajstić information content (AvgIpc) is 2.92. The molecule has 0 amide bonds. The van der Waals surface area contributed by atoms with E-state index in [0.29, 0.717) is 18.6 Å². The zero-order valence-corrected chi connectivity index (χ0v) is 22.2. The van der Waals surface area contributed by atoms with Crippen LogP contribution in [0.25, 0.3) is 0 Å². The summed E-state index contributed by atoms with van der Waals surface area (Å²) in [6, 6.07) is 29.6. The molecule has 0 bridgehead atoms. The molecule has 3 aromatic rings. The zero-order valence-electron chi connectivity index (χ0n) is 22.2. The van der Waals surface area contributed by atoms with Crippen LogP contribution < -0.4 is 0 Å². The van der Waals surface area contributed by atoms with Crippen LogP contribution in [0.1, 0.15) is 74.8 Å². The number of likely N-dealkylation sites (tertiary alicyclic amines) is 1. The smallest absolute Gasteiger partial charge is 0.138 e. The minimum absolute atomic E-state index is 0.0418. The normalized spacial score (nSPS) is 15.3. The number of nitrogens with zero attached hydrogens (tertiary/aromatic N) is 1. The number of benzene rings is 3. The van der Waals surface area contributed by atoms with Crippen LogP contribution in [0.15, 0.2) is 84.9 Å². The molecule has 1 heterocycles. The second-order valence-electron chi connectivity index (χ2n) is 10.8. The van der Waals surface area contributed by atoms with Crippen molar-refractivity contribution in [2.75, 3.05) is 19.6 Å². The van der Waals surface area contributed by atoms with Gasteiger partial charge in [0.05, 0.1) is 6.10 Å². The monoisotopic (exact) mass is 483 g/mol. The number of piperidine rings is 1. The van der Waals surface area contributed by atoms with E-state index in [0.717, 1.165) is 44.5 Å². The molecule has 0 N–H and O–H groups in total. The van der Waals surface area contributed by atoms with E-state index in [1.165, 1.54) is 16.7 Å². The fourth-order valence-corrected chi connectivity index (χ4v) is 4.94. The summed E-state index contributed by atoms with van der Waals surface area (Å²) >= 11 is 0. The molecule has 0 atom stereocenters. The lowest BCUT2D eigenvalue weighted by atomic mass is 9.82. The molecule has 3 aromatic carbocycles. The first-order chi connectivity index (χ1) is 17.4. The number of carbonyl (C=O) groups is 1. The van der Waals surface area contributed by atoms with Crippen LogP contribution in [-0.2, 0) is 21.4 Å². The fraction of sp³-hybridized carbons (Fsp3) is 0.424. The minimum Gasteiger partial charge on any atom is -0.365 e. The number of ketones is 1. The molecule has 0 unspecified atom stereocenters. The average molecular weight is 484 g/mol. The summed E-state index contributed by atoms with van der Waals surface area (Å²) in [6.07, 6.45) is 4.43. The lowest BCUT2D eigenvalue weighted by Crippen LogP contribution is -2.38. The quantitative estimate of drug-likeness (QED) is 0.290. The second kappa shape index (κ2) is 12.5. The summed E-state index contributed by atoms with van der Waals surface area (Å²) in [5.41, 5.74) is 5.04. The molecule has 1 aliphatic heterocycles. The van der Waals surface area contributed by atoms with E-state index < -0.39 is 0 Å². The Morgan fingerprint density at radius 3 is 1.97 bits per heavy atom. The van der Waals surface area contributed by atoms with Crippen molar-refractivity contribution in [2.45, 2.75) is 70.5 Å². The van der Waals surface area contributed by atoms with Crippen LogP contribution in [0.5, 0.6) is 0 Å². The van der Waals surface area contributed by atoms with Crippen molar-refractivity contribution in [3.8, 4) is 0 Å². The van der Waals surface area contributed by atoms with Crippen LogP contribution in [-0.4, -0.2) is 36.4 Å². The highest BCUT2D eigenvalue weighted by atomic mass is 16.5. The van der Waals surface area contributed by atoms with Crippen LogP contribution >= 0.6 is 0 Å². The van der Waals surface area contributed by atoms with Gasteiger partial charge in [0, 0.05) is 32.5 Å². The summed E-state index contributed by atoms with van der Waals surface area (Å²) in [5, 5.41) is 0. The molecule has 0 radical (unpaired) electrons. The number of hydrogen-bond donors (Lipinski definition) is 0. The van der Waals surface area contributed by atoms with Crippen molar-refractivity contribution >= 4 is 5.78 Å². The summed E-state index contributed by atoms with van der Waals surface area (Å²) in [7, 11) is 0. The summed E-state index contributed by atoms with van der Waals surface area (Å²) in [5.74, 6) is 0.323. The molecule has 1 aliphatic rings. The topological polar surface area (TPSA) is 29.5 Å². The molecular weight excluding hydrogens is 442 g/mol. The lowest BCUT2D eigenvalue weighted by Gasteiger charge is -2.34. The zero-order chi connectivity index (χ0) is 25.4. The molecular formula is C33H41NO2. The van der Waals surface area contributed by atoms with E-state index in [1.807, 2.05) is 12.1 Å². The molecule has 1 saturated heterocycles. The Morgan fingerprint density at radius 1 is 0.889 bits per heavy atom. The van der Waals surface area contributed by atoms with Gasteiger partial charge in [-0.25, -0.2) is 0 Å². The van der Waals surface area contributed by atoms with Gasteiger partial charge in [0.2, 0.25) is 0 Å². The maximum Gasteiger partial charge on any atom is 0.138 e. The van der Waals surface area contributed by atoms with Gasteiger partial charge in [-0.2, -0.15) is 0 Å². The number of hydrogen-bond acceptors (Lipinski definition) is 3. The predicted molar refractivity (Wildman–Crippen MR) is 148 cm³/mol. The van der Waals surface area contributed by atoms with Gasteiger partial charge in [-0.05, 0) is 46.9 Å². The van der Waals surface area contributed by atoms with Gasteiger partial charge in [-0.1, -0.05) is 106 Å². The third-order valence-electron chi connectivity index (χ3n) is 7.80. The van der Waals surface area contributed by atoms with Crippen molar-refractivity contribution in [3.05, 3.63) is 107 Å². The van der Waals surface area contributed by atoms with Gasteiger partial charge in [-0.3, -0.25) is 4.79 Å². The number of ether oxygens (including phenoxy) is 1. The van der Waals surface area contributed by atoms with Crippen molar-refractivity contribution in [1.29, 1.82) is 0 Å². The summed E-state index contributed by atoms with van der Waals surface area (Å²) < 4.78 is 6.66. The fourth-order valence-electron chi connectivity index (χ4n) is 4.94. The number of Topliss-reactive ketones (excluding diaryl/α,β-unsaturated/α-hetero) is 1. The van der Waals surface area contributed by atoms with E-state index in [9.17, 15) is 4.79 Å². The van der Waals surface area contributed by atoms with Gasteiger partial charge in [0.25, 0.3) is 0 Å². The van der Waals surface area contributed by atoms with Crippen molar-refractivity contribution in [1.82, 2.24) is 4.90 Å². The molecule has 3 heteroatoms. The number of carbonyl (C=O) groups excluding carboxylic acids is 1. The number of rotatable bonds is 11. The third-order valence-corrected chi connectivity index (χ3v) is 7.80. The first-order valence-electron chi connectivity index (χ1n) is 13.5. The predicted octanol–water partition coefficient (Wildman–Crippen LogP) is 7.15. The van der Waals surface area contributed by atoms with Gasteiger partial charge in [-0.15, -0.1) is 0 Å². The van der Waals surface area contributed by atoms with Crippen LogP contribution in [0, 0.1) is 0 Å². The van der Waals surface area contributed by atoms with E-state index in [2.05, 4.69) is 98.5 Å². The van der Waals surface area contributed by atoms with Crippen molar-refractivity contribution in [3.63, 3.8) is 0 Å². The standard InChI is InChI=1S/C33H41NO2/c1-4-33(2,3)29-17-15-26(16-18-29)25-30(35)19-22-34-23-20-31(21-24-34)36-32(27-11-7-5-8-12-27)28-13-9-6-10-14-28/h5-18,31-32H,4,19-25H2,1-3H3. The maximum absolute atomic E-state index is 12.7. The summed E-state index contributed by atoms with van der Waals surface area (Å²) in [4.78, 5) is 15.1. The maximum atomic E-state index is 12.7. The van der Waals surface area contributed by atoms with E-state index in [4.69, 9.17) is 4.74 Å². The molecule has 190 valence electrons. The van der Waals surface area contributed by atoms with Crippen molar-refractivity contribution in [2.24, 2.45) is 0 Å². The Balaban J connectivity index is 1.24. The van der Waals surface area contributed by atoms with Gasteiger partial charge < -0.3 is 9.64 Å². The Morgan fingerprint density at radius 2 is 1.44 bits per heavy atom. The summed E-state index contributed by atoms with van der Waals surface area (Å²) in [6.45, 7) is 9.56. The molecule has 36 heavy (non-hydrogen) atoms. The highest BCUT2D eigenvalue weighted by Gasteiger charge is 2.25. The van der Waals surface area contributed by atoms with E-state index >= 15 is 0 Å². The van der Waals surface area contributed by atoms with Crippen LogP contribution in [0.4, 0.5) is 0 Å². The third kappa shape index (κ3) is 7.15. The van der Waals surface area contributed by atoms with E-state index in [1.54, 1.807) is 0 Å². The lowest BCUT2D eigenvalue weighted by molar-refractivity contribution is -0.118. The molecule has 1 fully saturated rings. The van der Waals surface area contributed by atoms with E-state index in [-0.39, 0.29) is 17.6 Å². The highest BCUT2D eigenvalue weighted by molar-refractivity contribution is 5.81. The van der Waals surface area contributed by atoms with Crippen LogP contribution in [0.3, 0.4) is 0 Å². The Bertz CT molecular complexity index is 1030. The SMILES string of the molecule is CCC(C)(C)c1ccc(CC(=O)CCN2CCC(OC(c3ccccc3)c3ccccc3)CC2)cc1. The molecule has 0 saturated carbocycles.